The lowest BCUT2D eigenvalue weighted by molar-refractivity contribution is 1.12. The summed E-state index contributed by atoms with van der Waals surface area (Å²) >= 11 is 0. The molecule has 19 heavy (non-hydrogen) atoms. The van der Waals surface area contributed by atoms with Crippen LogP contribution in [0.2, 0.25) is 0 Å². The maximum Gasteiger partial charge on any atom is 0.0885 e. The average molecular weight is 247 g/mol. The predicted octanol–water partition coefficient (Wildman–Crippen LogP) is 3.51. The predicted molar refractivity (Wildman–Crippen MR) is 75.4 cm³/mol. The van der Waals surface area contributed by atoms with Crippen molar-refractivity contribution >= 4 is 0 Å². The Labute approximate surface area is 112 Å². The smallest absolute Gasteiger partial charge is 0.0885 e. The van der Waals surface area contributed by atoms with Crippen LogP contribution in [0.5, 0.6) is 0 Å². The van der Waals surface area contributed by atoms with Gasteiger partial charge in [-0.25, -0.2) is 0 Å². The van der Waals surface area contributed by atoms with Crippen molar-refractivity contribution in [2.45, 2.75) is 6.92 Å². The Balaban J connectivity index is 1.93. The van der Waals surface area contributed by atoms with Gasteiger partial charge in [0.2, 0.25) is 0 Å². The summed E-state index contributed by atoms with van der Waals surface area (Å²) in [5.74, 6) is 0. The maximum atomic E-state index is 4.38. The van der Waals surface area contributed by atoms with Crippen LogP contribution in [0, 0.1) is 6.92 Å². The highest BCUT2D eigenvalue weighted by Crippen LogP contribution is 2.22. The van der Waals surface area contributed by atoms with Crippen LogP contribution in [0.1, 0.15) is 5.69 Å². The minimum Gasteiger partial charge on any atom is -0.264 e. The van der Waals surface area contributed by atoms with Gasteiger partial charge < -0.3 is 0 Å². The van der Waals surface area contributed by atoms with E-state index < -0.39 is 0 Å². The Morgan fingerprint density at radius 1 is 0.737 bits per heavy atom. The van der Waals surface area contributed by atoms with Crippen molar-refractivity contribution in [1.82, 2.24) is 15.0 Å². The van der Waals surface area contributed by atoms with E-state index in [1.165, 1.54) is 0 Å². The van der Waals surface area contributed by atoms with Crippen LogP contribution in [0.3, 0.4) is 0 Å². The molecule has 0 aliphatic carbocycles. The molecule has 3 rings (SSSR count). The van der Waals surface area contributed by atoms with E-state index in [0.717, 1.165) is 28.1 Å². The summed E-state index contributed by atoms with van der Waals surface area (Å²) in [7, 11) is 0. The van der Waals surface area contributed by atoms with Gasteiger partial charge in [0.15, 0.2) is 0 Å². The number of pyridine rings is 1. The van der Waals surface area contributed by atoms with E-state index in [4.69, 9.17) is 0 Å². The Morgan fingerprint density at radius 3 is 2.16 bits per heavy atom. The Bertz CT molecular complexity index is 659. The van der Waals surface area contributed by atoms with Gasteiger partial charge in [0.25, 0.3) is 0 Å². The molecule has 0 aliphatic heterocycles. The molecule has 3 heteroatoms. The fourth-order valence-electron chi connectivity index (χ4n) is 1.91. The van der Waals surface area contributed by atoms with Crippen molar-refractivity contribution in [1.29, 1.82) is 0 Å². The Kier molecular flexibility index (Phi) is 3.02. The summed E-state index contributed by atoms with van der Waals surface area (Å²) in [4.78, 5) is 12.8. The number of aryl methyl sites for hydroxylation is 1. The normalized spacial score (nSPS) is 10.4. The molecule has 0 spiro atoms. The molecule has 0 atom stereocenters. The molecule has 92 valence electrons. The van der Waals surface area contributed by atoms with E-state index in [-0.39, 0.29) is 0 Å². The average Bonchev–Trinajstić information content (AvgIpc) is 2.49. The van der Waals surface area contributed by atoms with Crippen molar-refractivity contribution in [3.63, 3.8) is 0 Å². The first-order valence-electron chi connectivity index (χ1n) is 6.12. The molecular formula is C16H13N3. The SMILES string of the molecule is Cc1cnc(-c2ccc(-c3cccnc3)cc2)cn1. The van der Waals surface area contributed by atoms with E-state index in [1.54, 1.807) is 18.6 Å². The van der Waals surface area contributed by atoms with E-state index in [1.807, 2.05) is 25.3 Å². The van der Waals surface area contributed by atoms with Gasteiger partial charge in [-0.1, -0.05) is 30.3 Å². The Morgan fingerprint density at radius 2 is 1.53 bits per heavy atom. The van der Waals surface area contributed by atoms with Gasteiger partial charge in [-0.05, 0) is 24.1 Å². The fraction of sp³-hybridized carbons (Fsp3) is 0.0625. The van der Waals surface area contributed by atoms with Crippen LogP contribution in [0.4, 0.5) is 0 Å². The van der Waals surface area contributed by atoms with Gasteiger partial charge in [0.1, 0.15) is 0 Å². The van der Waals surface area contributed by atoms with Gasteiger partial charge in [-0.15, -0.1) is 0 Å². The van der Waals surface area contributed by atoms with Crippen LogP contribution < -0.4 is 0 Å². The van der Waals surface area contributed by atoms with Gasteiger partial charge in [-0.3, -0.25) is 15.0 Å². The minimum absolute atomic E-state index is 0.892. The lowest BCUT2D eigenvalue weighted by atomic mass is 10.0. The third kappa shape index (κ3) is 2.50. The molecule has 0 fully saturated rings. The second kappa shape index (κ2) is 4.98. The van der Waals surface area contributed by atoms with Crippen LogP contribution in [0.15, 0.2) is 61.2 Å². The standard InChI is InChI=1S/C16H13N3/c1-12-9-19-16(11-18-12)14-6-4-13(5-7-14)15-3-2-8-17-10-15/h2-11H,1H3. The van der Waals surface area contributed by atoms with E-state index in [0.29, 0.717) is 0 Å². The number of aromatic nitrogens is 3. The summed E-state index contributed by atoms with van der Waals surface area (Å²) in [6.45, 7) is 1.93. The monoisotopic (exact) mass is 247 g/mol. The molecule has 0 saturated carbocycles. The summed E-state index contributed by atoms with van der Waals surface area (Å²) in [5, 5.41) is 0. The molecule has 2 aromatic heterocycles. The third-order valence-corrected chi connectivity index (χ3v) is 2.96. The van der Waals surface area contributed by atoms with Crippen LogP contribution >= 0.6 is 0 Å². The quantitative estimate of drug-likeness (QED) is 0.695. The largest absolute Gasteiger partial charge is 0.264 e. The molecule has 0 radical (unpaired) electrons. The molecule has 3 aromatic rings. The molecule has 1 aromatic carbocycles. The van der Waals surface area contributed by atoms with E-state index >= 15 is 0 Å². The fourth-order valence-corrected chi connectivity index (χ4v) is 1.91. The molecule has 2 heterocycles. The molecule has 3 nitrogen and oxygen atoms in total. The van der Waals surface area contributed by atoms with Crippen molar-refractivity contribution in [2.75, 3.05) is 0 Å². The van der Waals surface area contributed by atoms with E-state index in [9.17, 15) is 0 Å². The van der Waals surface area contributed by atoms with Crippen LogP contribution in [-0.2, 0) is 0 Å². The lowest BCUT2D eigenvalue weighted by Crippen LogP contribution is -1.88. The third-order valence-electron chi connectivity index (χ3n) is 2.96. The second-order valence-corrected chi connectivity index (χ2v) is 4.36. The second-order valence-electron chi connectivity index (χ2n) is 4.36. The molecule has 0 unspecified atom stereocenters. The molecule has 0 bridgehead atoms. The van der Waals surface area contributed by atoms with Crippen LogP contribution in [-0.4, -0.2) is 15.0 Å². The summed E-state index contributed by atoms with van der Waals surface area (Å²) in [5.41, 5.74) is 5.15. The molecule has 0 aliphatic rings. The van der Waals surface area contributed by atoms with Gasteiger partial charge in [0.05, 0.1) is 17.6 Å². The zero-order valence-corrected chi connectivity index (χ0v) is 10.6. The number of nitrogens with zero attached hydrogens (tertiary/aromatic N) is 3. The number of benzene rings is 1. The van der Waals surface area contributed by atoms with E-state index in [2.05, 4.69) is 39.2 Å². The highest BCUT2D eigenvalue weighted by molar-refractivity contribution is 5.67. The zero-order valence-electron chi connectivity index (χ0n) is 10.6. The summed E-state index contributed by atoms with van der Waals surface area (Å²) in [6, 6.07) is 12.3. The minimum atomic E-state index is 0.892. The summed E-state index contributed by atoms with van der Waals surface area (Å²) in [6.07, 6.45) is 7.22. The lowest BCUT2D eigenvalue weighted by Gasteiger charge is -2.04. The first-order valence-corrected chi connectivity index (χ1v) is 6.12. The van der Waals surface area contributed by atoms with Crippen LogP contribution in [0.25, 0.3) is 22.4 Å². The number of hydrogen-bond donors (Lipinski definition) is 0. The zero-order chi connectivity index (χ0) is 13.1. The first-order chi connectivity index (χ1) is 9.33. The number of hydrogen-bond acceptors (Lipinski definition) is 3. The maximum absolute atomic E-state index is 4.38. The Hall–Kier alpha value is -2.55. The molecule has 0 saturated heterocycles. The highest BCUT2D eigenvalue weighted by Gasteiger charge is 2.01. The van der Waals surface area contributed by atoms with Gasteiger partial charge in [0, 0.05) is 24.2 Å². The van der Waals surface area contributed by atoms with Gasteiger partial charge in [-0.2, -0.15) is 0 Å². The topological polar surface area (TPSA) is 38.7 Å². The van der Waals surface area contributed by atoms with Crippen molar-refractivity contribution in [3.8, 4) is 22.4 Å². The van der Waals surface area contributed by atoms with Crippen molar-refractivity contribution in [2.24, 2.45) is 0 Å². The number of rotatable bonds is 2. The van der Waals surface area contributed by atoms with Crippen molar-refractivity contribution in [3.05, 3.63) is 66.9 Å². The first kappa shape index (κ1) is 11.5. The summed E-state index contributed by atoms with van der Waals surface area (Å²) < 4.78 is 0. The molecule has 0 amide bonds. The van der Waals surface area contributed by atoms with Crippen molar-refractivity contribution < 1.29 is 0 Å². The highest BCUT2D eigenvalue weighted by atomic mass is 14.8. The molecule has 0 N–H and O–H groups in total. The van der Waals surface area contributed by atoms with Gasteiger partial charge >= 0.3 is 0 Å². The molecular weight excluding hydrogens is 234 g/mol.